The first-order chi connectivity index (χ1) is 3.83. The SMILES string of the molecule is CC.N#C[S-].N#C[S-]. The third kappa shape index (κ3) is 315. The Bertz CT molecular complexity index is 67.0. The summed E-state index contributed by atoms with van der Waals surface area (Å²) in [4.78, 5) is 0. The van der Waals surface area contributed by atoms with Crippen molar-refractivity contribution in [1.29, 1.82) is 10.5 Å². The molecule has 0 N–H and O–H groups in total. The maximum absolute atomic E-state index is 7.13. The zero-order chi connectivity index (χ0) is 7.41. The molecular weight excluding hydrogens is 140 g/mol. The van der Waals surface area contributed by atoms with Gasteiger partial charge in [-0.15, -0.1) is 0 Å². The molecule has 4 heteroatoms. The van der Waals surface area contributed by atoms with Crippen LogP contribution in [0.25, 0.3) is 0 Å². The van der Waals surface area contributed by atoms with E-state index in [2.05, 4.69) is 25.3 Å². The summed E-state index contributed by atoms with van der Waals surface area (Å²) in [6, 6.07) is 0. The van der Waals surface area contributed by atoms with E-state index in [1.54, 1.807) is 0 Å². The van der Waals surface area contributed by atoms with Crippen molar-refractivity contribution in [2.45, 2.75) is 13.8 Å². The van der Waals surface area contributed by atoms with E-state index in [4.69, 9.17) is 10.5 Å². The van der Waals surface area contributed by atoms with E-state index in [1.165, 1.54) is 10.8 Å². The van der Waals surface area contributed by atoms with Gasteiger partial charge in [-0.25, -0.2) is 10.5 Å². The molecular formula is C4H6N2S2-2. The lowest BCUT2D eigenvalue weighted by atomic mass is 11.0. The summed E-state index contributed by atoms with van der Waals surface area (Å²) in [5.74, 6) is 0. The standard InChI is InChI=1S/C2H6.2CHNS/c1-2;2*2-1-3/h1-2H3;2*3H/p-2. The van der Waals surface area contributed by atoms with Crippen LogP contribution in [-0.4, -0.2) is 0 Å². The fraction of sp³-hybridized carbons (Fsp3) is 0.500. The van der Waals surface area contributed by atoms with Crippen molar-refractivity contribution in [3.63, 3.8) is 0 Å². The van der Waals surface area contributed by atoms with Gasteiger partial charge in [0, 0.05) is 0 Å². The van der Waals surface area contributed by atoms with E-state index in [9.17, 15) is 0 Å². The fourth-order valence-electron chi connectivity index (χ4n) is 0. The lowest BCUT2D eigenvalue weighted by Crippen LogP contribution is -1.15. The van der Waals surface area contributed by atoms with Gasteiger partial charge < -0.3 is 25.3 Å². The maximum atomic E-state index is 7.13. The molecule has 0 aliphatic heterocycles. The number of nitriles is 2. The van der Waals surface area contributed by atoms with E-state index in [0.717, 1.165) is 0 Å². The van der Waals surface area contributed by atoms with Crippen LogP contribution in [0.15, 0.2) is 0 Å². The first-order valence-corrected chi connectivity index (χ1v) is 2.67. The Morgan fingerprint density at radius 2 is 1.00 bits per heavy atom. The predicted molar refractivity (Wildman–Crippen MR) is 37.3 cm³/mol. The van der Waals surface area contributed by atoms with Crippen molar-refractivity contribution in [3.05, 3.63) is 0 Å². The third-order valence-electron chi connectivity index (χ3n) is 0. The first-order valence-electron chi connectivity index (χ1n) is 1.86. The van der Waals surface area contributed by atoms with Crippen molar-refractivity contribution in [2.75, 3.05) is 0 Å². The fourth-order valence-corrected chi connectivity index (χ4v) is 0. The minimum Gasteiger partial charge on any atom is -0.696 e. The zero-order valence-electron chi connectivity index (χ0n) is 4.71. The van der Waals surface area contributed by atoms with E-state index in [1.807, 2.05) is 13.8 Å². The summed E-state index contributed by atoms with van der Waals surface area (Å²) in [6.07, 6.45) is 0. The van der Waals surface area contributed by atoms with Gasteiger partial charge in [0.2, 0.25) is 0 Å². The highest BCUT2D eigenvalue weighted by Gasteiger charge is 0.932. The van der Waals surface area contributed by atoms with Crippen molar-refractivity contribution in [2.24, 2.45) is 0 Å². The Balaban J connectivity index is -0.0000000483. The molecule has 0 radical (unpaired) electrons. The lowest BCUT2D eigenvalue weighted by molar-refractivity contribution is 1.50. The number of thiocyanates is 2. The van der Waals surface area contributed by atoms with Gasteiger partial charge in [-0.1, -0.05) is 24.6 Å². The van der Waals surface area contributed by atoms with Gasteiger partial charge in [0.25, 0.3) is 0 Å². The Labute approximate surface area is 60.9 Å². The molecule has 0 aliphatic rings. The van der Waals surface area contributed by atoms with E-state index >= 15 is 0 Å². The number of rotatable bonds is 0. The van der Waals surface area contributed by atoms with Crippen LogP contribution in [-0.2, 0) is 25.3 Å². The average molecular weight is 146 g/mol. The molecule has 0 heterocycles. The van der Waals surface area contributed by atoms with Crippen LogP contribution in [0.3, 0.4) is 0 Å². The number of hydrogen-bond donors (Lipinski definition) is 0. The first kappa shape index (κ1) is 15.7. The molecule has 0 aromatic heterocycles. The molecule has 0 bridgehead atoms. The molecule has 0 aromatic carbocycles. The summed E-state index contributed by atoms with van der Waals surface area (Å²) >= 11 is 7.40. The lowest BCUT2D eigenvalue weighted by Gasteiger charge is -1.53. The molecule has 0 aliphatic carbocycles. The molecule has 0 amide bonds. The minimum absolute atomic E-state index is 1.33. The van der Waals surface area contributed by atoms with Gasteiger partial charge >= 0.3 is 0 Å². The largest absolute Gasteiger partial charge is 0.696 e. The van der Waals surface area contributed by atoms with Crippen LogP contribution in [0.1, 0.15) is 13.8 Å². The highest BCUT2D eigenvalue weighted by molar-refractivity contribution is 7.64. The van der Waals surface area contributed by atoms with Crippen LogP contribution in [0.2, 0.25) is 0 Å². The van der Waals surface area contributed by atoms with E-state index < -0.39 is 0 Å². The average Bonchev–Trinajstić information content (AvgIpc) is 1.75. The Hall–Kier alpha value is -0.580. The van der Waals surface area contributed by atoms with Crippen LogP contribution >= 0.6 is 0 Å². The van der Waals surface area contributed by atoms with Gasteiger partial charge in [-0.2, -0.15) is 0 Å². The van der Waals surface area contributed by atoms with E-state index in [0.29, 0.717) is 0 Å². The van der Waals surface area contributed by atoms with Gasteiger partial charge in [-0.3, -0.25) is 0 Å². The molecule has 8 heavy (non-hydrogen) atoms. The minimum atomic E-state index is 1.33. The topological polar surface area (TPSA) is 47.6 Å². The molecule has 0 saturated carbocycles. The van der Waals surface area contributed by atoms with Crippen molar-refractivity contribution in [3.8, 4) is 10.8 Å². The monoisotopic (exact) mass is 146 g/mol. The van der Waals surface area contributed by atoms with E-state index in [-0.39, 0.29) is 0 Å². The zero-order valence-corrected chi connectivity index (χ0v) is 6.34. The van der Waals surface area contributed by atoms with Gasteiger partial charge in [0.05, 0.1) is 0 Å². The normalized spacial score (nSPS) is 2.50. The summed E-state index contributed by atoms with van der Waals surface area (Å²) in [5, 5.41) is 16.9. The molecule has 0 spiro atoms. The summed E-state index contributed by atoms with van der Waals surface area (Å²) < 4.78 is 0. The number of hydrogen-bond acceptors (Lipinski definition) is 4. The van der Waals surface area contributed by atoms with Crippen molar-refractivity contribution < 1.29 is 0 Å². The van der Waals surface area contributed by atoms with Gasteiger partial charge in [-0.05, 0) is 0 Å². The Morgan fingerprint density at radius 3 is 1.00 bits per heavy atom. The second kappa shape index (κ2) is 93.5. The third-order valence-corrected chi connectivity index (χ3v) is 0. The Kier molecular flexibility index (Phi) is 183. The number of nitrogens with zero attached hydrogens (tertiary/aromatic N) is 2. The van der Waals surface area contributed by atoms with Gasteiger partial charge in [0.15, 0.2) is 0 Å². The van der Waals surface area contributed by atoms with Crippen LogP contribution < -0.4 is 0 Å². The summed E-state index contributed by atoms with van der Waals surface area (Å²) in [7, 11) is 0. The summed E-state index contributed by atoms with van der Waals surface area (Å²) in [6.45, 7) is 4.00. The second-order valence-electron chi connectivity index (χ2n) is 0.183. The molecule has 0 aromatic rings. The van der Waals surface area contributed by atoms with Crippen LogP contribution in [0.4, 0.5) is 0 Å². The highest BCUT2D eigenvalue weighted by atomic mass is 32.1. The van der Waals surface area contributed by atoms with Gasteiger partial charge in [0.1, 0.15) is 0 Å². The molecule has 2 nitrogen and oxygen atoms in total. The molecule has 0 fully saturated rings. The highest BCUT2D eigenvalue weighted by Crippen LogP contribution is 1.16. The molecule has 0 atom stereocenters. The second-order valence-corrected chi connectivity index (χ2v) is 0.548. The van der Waals surface area contributed by atoms with Crippen LogP contribution in [0, 0.1) is 21.3 Å². The Morgan fingerprint density at radius 1 is 1.00 bits per heavy atom. The van der Waals surface area contributed by atoms with Crippen molar-refractivity contribution in [1.82, 2.24) is 0 Å². The maximum Gasteiger partial charge on any atom is -0.0683 e. The van der Waals surface area contributed by atoms with Crippen molar-refractivity contribution >= 4 is 25.3 Å². The van der Waals surface area contributed by atoms with Crippen LogP contribution in [0.5, 0.6) is 0 Å². The predicted octanol–water partition coefficient (Wildman–Crippen LogP) is 1.05. The molecule has 0 rings (SSSR count). The molecule has 46 valence electrons. The quantitative estimate of drug-likeness (QED) is 0.378. The molecule has 0 saturated heterocycles. The molecule has 0 unspecified atom stereocenters. The smallest absolute Gasteiger partial charge is 0.0683 e. The summed E-state index contributed by atoms with van der Waals surface area (Å²) in [5.41, 5.74) is 0.